The Hall–Kier alpha value is -0.900. The maximum absolute atomic E-state index is 12.2. The predicted octanol–water partition coefficient (Wildman–Crippen LogP) is 3.17. The number of halogens is 1. The summed E-state index contributed by atoms with van der Waals surface area (Å²) in [5.41, 5.74) is 0.755. The molecule has 3 nitrogen and oxygen atoms in total. The van der Waals surface area contributed by atoms with E-state index < -0.39 is 0 Å². The van der Waals surface area contributed by atoms with Crippen molar-refractivity contribution in [3.8, 4) is 0 Å². The van der Waals surface area contributed by atoms with Crippen molar-refractivity contribution < 1.29 is 9.53 Å². The van der Waals surface area contributed by atoms with Gasteiger partial charge in [0.25, 0.3) is 0 Å². The van der Waals surface area contributed by atoms with Gasteiger partial charge in [-0.2, -0.15) is 0 Å². The molecule has 0 bridgehead atoms. The molecular formula is C16H20ClNO2. The molecule has 20 heavy (non-hydrogen) atoms. The van der Waals surface area contributed by atoms with Crippen molar-refractivity contribution in [2.24, 2.45) is 0 Å². The minimum absolute atomic E-state index is 0.197. The SMILES string of the molecule is O=C(CCN1CCOC2CCCC21)c1ccc(Cl)cc1. The zero-order valence-electron chi connectivity index (χ0n) is 11.6. The summed E-state index contributed by atoms with van der Waals surface area (Å²) < 4.78 is 5.80. The third-order valence-electron chi connectivity index (χ3n) is 4.39. The highest BCUT2D eigenvalue weighted by atomic mass is 35.5. The van der Waals surface area contributed by atoms with Gasteiger partial charge in [-0.3, -0.25) is 9.69 Å². The van der Waals surface area contributed by atoms with Crippen LogP contribution in [0.3, 0.4) is 0 Å². The van der Waals surface area contributed by atoms with Crippen LogP contribution in [-0.2, 0) is 4.74 Å². The number of morpholine rings is 1. The Bertz CT molecular complexity index is 474. The second-order valence-electron chi connectivity index (χ2n) is 5.62. The second-order valence-corrected chi connectivity index (χ2v) is 6.06. The molecule has 2 aliphatic rings. The van der Waals surface area contributed by atoms with Crippen molar-refractivity contribution in [2.75, 3.05) is 19.7 Å². The lowest BCUT2D eigenvalue weighted by molar-refractivity contribution is -0.0550. The van der Waals surface area contributed by atoms with Gasteiger partial charge in [0.1, 0.15) is 0 Å². The smallest absolute Gasteiger partial charge is 0.164 e. The summed E-state index contributed by atoms with van der Waals surface area (Å²) in [7, 11) is 0. The van der Waals surface area contributed by atoms with Gasteiger partial charge in [-0.25, -0.2) is 0 Å². The Balaban J connectivity index is 1.56. The lowest BCUT2D eigenvalue weighted by atomic mass is 10.1. The van der Waals surface area contributed by atoms with Gasteiger partial charge in [0, 0.05) is 36.1 Å². The van der Waals surface area contributed by atoms with Gasteiger partial charge in [0.15, 0.2) is 5.78 Å². The minimum Gasteiger partial charge on any atom is -0.375 e. The second kappa shape index (κ2) is 6.25. The van der Waals surface area contributed by atoms with Crippen molar-refractivity contribution in [3.05, 3.63) is 34.9 Å². The molecule has 0 aromatic heterocycles. The maximum atomic E-state index is 12.2. The van der Waals surface area contributed by atoms with Gasteiger partial charge in [0.2, 0.25) is 0 Å². The number of hydrogen-bond acceptors (Lipinski definition) is 3. The normalized spacial score (nSPS) is 26.4. The lowest BCUT2D eigenvalue weighted by Crippen LogP contribution is -2.49. The van der Waals surface area contributed by atoms with Crippen LogP contribution >= 0.6 is 11.6 Å². The molecule has 1 aliphatic heterocycles. The highest BCUT2D eigenvalue weighted by Crippen LogP contribution is 2.29. The number of ether oxygens (including phenoxy) is 1. The number of rotatable bonds is 4. The predicted molar refractivity (Wildman–Crippen MR) is 79.4 cm³/mol. The number of ketones is 1. The summed E-state index contributed by atoms with van der Waals surface area (Å²) in [4.78, 5) is 14.6. The van der Waals surface area contributed by atoms with Crippen molar-refractivity contribution in [1.82, 2.24) is 4.90 Å². The monoisotopic (exact) mass is 293 g/mol. The van der Waals surface area contributed by atoms with E-state index in [1.165, 1.54) is 19.3 Å². The van der Waals surface area contributed by atoms with Crippen LogP contribution in [0.4, 0.5) is 0 Å². The molecule has 108 valence electrons. The average molecular weight is 294 g/mol. The third-order valence-corrected chi connectivity index (χ3v) is 4.64. The van der Waals surface area contributed by atoms with E-state index in [0.29, 0.717) is 23.6 Å². The summed E-state index contributed by atoms with van der Waals surface area (Å²) in [6.07, 6.45) is 4.60. The quantitative estimate of drug-likeness (QED) is 0.799. The number of benzene rings is 1. The Morgan fingerprint density at radius 1 is 1.30 bits per heavy atom. The van der Waals surface area contributed by atoms with E-state index >= 15 is 0 Å². The van der Waals surface area contributed by atoms with Crippen molar-refractivity contribution in [1.29, 1.82) is 0 Å². The summed E-state index contributed by atoms with van der Waals surface area (Å²) in [5, 5.41) is 0.670. The number of carbonyl (C=O) groups excluding carboxylic acids is 1. The van der Waals surface area contributed by atoms with Crippen LogP contribution in [-0.4, -0.2) is 42.5 Å². The molecule has 0 N–H and O–H groups in total. The van der Waals surface area contributed by atoms with Gasteiger partial charge >= 0.3 is 0 Å². The zero-order chi connectivity index (χ0) is 13.9. The molecule has 3 rings (SSSR count). The van der Waals surface area contributed by atoms with Crippen molar-refractivity contribution in [2.45, 2.75) is 37.8 Å². The largest absolute Gasteiger partial charge is 0.375 e. The van der Waals surface area contributed by atoms with Crippen LogP contribution in [0.15, 0.2) is 24.3 Å². The number of nitrogens with zero attached hydrogens (tertiary/aromatic N) is 1. The molecule has 4 heteroatoms. The first-order valence-electron chi connectivity index (χ1n) is 7.38. The topological polar surface area (TPSA) is 29.5 Å². The zero-order valence-corrected chi connectivity index (χ0v) is 12.3. The van der Waals surface area contributed by atoms with E-state index in [4.69, 9.17) is 16.3 Å². The fraction of sp³-hybridized carbons (Fsp3) is 0.562. The van der Waals surface area contributed by atoms with Crippen molar-refractivity contribution in [3.63, 3.8) is 0 Å². The van der Waals surface area contributed by atoms with E-state index in [-0.39, 0.29) is 5.78 Å². The Morgan fingerprint density at radius 2 is 2.10 bits per heavy atom. The Morgan fingerprint density at radius 3 is 2.90 bits per heavy atom. The summed E-state index contributed by atoms with van der Waals surface area (Å²) >= 11 is 5.84. The number of Topliss-reactive ketones (excluding diaryl/α,β-unsaturated/α-hetero) is 1. The molecule has 0 radical (unpaired) electrons. The first-order chi connectivity index (χ1) is 9.74. The average Bonchev–Trinajstić information content (AvgIpc) is 2.94. The molecule has 2 atom stereocenters. The highest BCUT2D eigenvalue weighted by molar-refractivity contribution is 6.30. The van der Waals surface area contributed by atoms with Gasteiger partial charge in [-0.05, 0) is 43.5 Å². The van der Waals surface area contributed by atoms with E-state index in [9.17, 15) is 4.79 Å². The standard InChI is InChI=1S/C16H20ClNO2/c17-13-6-4-12(5-7-13)15(19)8-9-18-10-11-20-16-3-1-2-14(16)18/h4-7,14,16H,1-3,8-11H2. The number of fused-ring (bicyclic) bond motifs is 1. The molecular weight excluding hydrogens is 274 g/mol. The Labute approximate surface area is 124 Å². The maximum Gasteiger partial charge on any atom is 0.164 e. The van der Waals surface area contributed by atoms with Gasteiger partial charge in [-0.15, -0.1) is 0 Å². The van der Waals surface area contributed by atoms with E-state index in [0.717, 1.165) is 25.3 Å². The lowest BCUT2D eigenvalue weighted by Gasteiger charge is -2.37. The molecule has 2 fully saturated rings. The molecule has 1 heterocycles. The van der Waals surface area contributed by atoms with E-state index in [2.05, 4.69) is 4.90 Å². The van der Waals surface area contributed by atoms with Crippen LogP contribution in [0.1, 0.15) is 36.0 Å². The number of carbonyl (C=O) groups is 1. The molecule has 2 unspecified atom stereocenters. The van der Waals surface area contributed by atoms with E-state index in [1.807, 2.05) is 12.1 Å². The van der Waals surface area contributed by atoms with Gasteiger partial charge in [-0.1, -0.05) is 11.6 Å². The fourth-order valence-corrected chi connectivity index (χ4v) is 3.43. The van der Waals surface area contributed by atoms with Crippen LogP contribution in [0.25, 0.3) is 0 Å². The van der Waals surface area contributed by atoms with E-state index in [1.54, 1.807) is 12.1 Å². The highest BCUT2D eigenvalue weighted by Gasteiger charge is 2.35. The van der Waals surface area contributed by atoms with Crippen LogP contribution in [0, 0.1) is 0 Å². The minimum atomic E-state index is 0.197. The fourth-order valence-electron chi connectivity index (χ4n) is 3.31. The van der Waals surface area contributed by atoms with Crippen LogP contribution < -0.4 is 0 Å². The first-order valence-corrected chi connectivity index (χ1v) is 7.76. The molecule has 1 aromatic rings. The Kier molecular flexibility index (Phi) is 4.39. The molecule has 0 spiro atoms. The summed E-state index contributed by atoms with van der Waals surface area (Å²) in [6.45, 7) is 2.59. The third kappa shape index (κ3) is 3.05. The number of hydrogen-bond donors (Lipinski definition) is 0. The summed E-state index contributed by atoms with van der Waals surface area (Å²) in [5.74, 6) is 0.197. The van der Waals surface area contributed by atoms with Gasteiger partial charge in [0.05, 0.1) is 12.7 Å². The van der Waals surface area contributed by atoms with Crippen molar-refractivity contribution >= 4 is 17.4 Å². The molecule has 0 amide bonds. The molecule has 1 saturated heterocycles. The molecule has 1 saturated carbocycles. The van der Waals surface area contributed by atoms with Gasteiger partial charge < -0.3 is 4.74 Å². The molecule has 1 aliphatic carbocycles. The summed E-state index contributed by atoms with van der Waals surface area (Å²) in [6, 6.07) is 7.69. The van der Waals surface area contributed by atoms with Crippen LogP contribution in [0.2, 0.25) is 5.02 Å². The van der Waals surface area contributed by atoms with Crippen LogP contribution in [0.5, 0.6) is 0 Å². The molecule has 1 aromatic carbocycles. The first kappa shape index (κ1) is 14.1.